The number of nitroso groups, excluding NO2 is 1. The predicted octanol–water partition coefficient (Wildman–Crippen LogP) is 3.83. The highest BCUT2D eigenvalue weighted by Gasteiger charge is 2.23. The van der Waals surface area contributed by atoms with Crippen molar-refractivity contribution >= 4 is 15.7 Å². The van der Waals surface area contributed by atoms with Crippen molar-refractivity contribution in [3.63, 3.8) is 0 Å². The number of anilines is 1. The monoisotopic (exact) mass is 492 g/mol. The van der Waals surface area contributed by atoms with E-state index in [2.05, 4.69) is 20.3 Å². The summed E-state index contributed by atoms with van der Waals surface area (Å²) in [5, 5.41) is 6.14. The highest BCUT2D eigenvalue weighted by atomic mass is 32.2. The van der Waals surface area contributed by atoms with E-state index in [0.717, 1.165) is 11.1 Å². The Bertz CT molecular complexity index is 1430. The van der Waals surface area contributed by atoms with Gasteiger partial charge in [0.15, 0.2) is 27.1 Å². The highest BCUT2D eigenvalue weighted by molar-refractivity contribution is 7.92. The van der Waals surface area contributed by atoms with Crippen LogP contribution in [0.5, 0.6) is 0 Å². The molecule has 35 heavy (non-hydrogen) atoms. The summed E-state index contributed by atoms with van der Waals surface area (Å²) >= 11 is 0. The maximum absolute atomic E-state index is 12.7. The maximum Gasteiger partial charge on any atom is 0.189 e. The molecular formula is C24H24N6O4S. The van der Waals surface area contributed by atoms with Crippen LogP contribution in [-0.2, 0) is 16.4 Å². The van der Waals surface area contributed by atoms with Crippen molar-refractivity contribution in [2.75, 3.05) is 12.3 Å². The Morgan fingerprint density at radius 2 is 1.69 bits per heavy atom. The van der Waals surface area contributed by atoms with Crippen LogP contribution in [0.15, 0.2) is 75.4 Å². The second-order valence-electron chi connectivity index (χ2n) is 7.99. The van der Waals surface area contributed by atoms with Crippen LogP contribution >= 0.6 is 0 Å². The number of nitrogens with zero attached hydrogens (tertiary/aromatic N) is 4. The van der Waals surface area contributed by atoms with Gasteiger partial charge in [-0.05, 0) is 31.0 Å². The number of hydrogen-bond donors (Lipinski definition) is 2. The molecule has 1 atom stereocenters. The Hall–Kier alpha value is -3.96. The molecule has 0 saturated carbocycles. The minimum absolute atomic E-state index is 0.0509. The van der Waals surface area contributed by atoms with Gasteiger partial charge in [-0.3, -0.25) is 0 Å². The maximum atomic E-state index is 12.7. The van der Waals surface area contributed by atoms with Crippen molar-refractivity contribution in [3.8, 4) is 34.0 Å². The SMILES string of the molecule is CC(CCN=O)S(=O)(=O)c1ccc(-c2cnc(N)c(-c3cc(-c4ccc(CN)cc4)no3)n2)cc1. The summed E-state index contributed by atoms with van der Waals surface area (Å²) in [6.45, 7) is 1.96. The molecule has 0 aliphatic rings. The first-order chi connectivity index (χ1) is 16.8. The van der Waals surface area contributed by atoms with Crippen molar-refractivity contribution in [2.45, 2.75) is 30.0 Å². The van der Waals surface area contributed by atoms with Crippen molar-refractivity contribution in [1.82, 2.24) is 15.1 Å². The zero-order valence-electron chi connectivity index (χ0n) is 19.0. The van der Waals surface area contributed by atoms with Gasteiger partial charge in [-0.1, -0.05) is 46.7 Å². The van der Waals surface area contributed by atoms with Crippen LogP contribution in [0.2, 0.25) is 0 Å². The van der Waals surface area contributed by atoms with Crippen LogP contribution in [0.3, 0.4) is 0 Å². The summed E-state index contributed by atoms with van der Waals surface area (Å²) in [6.07, 6.45) is 1.67. The van der Waals surface area contributed by atoms with E-state index in [1.807, 2.05) is 24.3 Å². The molecule has 4 aromatic rings. The lowest BCUT2D eigenvalue weighted by molar-refractivity contribution is 0.434. The zero-order chi connectivity index (χ0) is 25.0. The van der Waals surface area contributed by atoms with Gasteiger partial charge in [0.25, 0.3) is 0 Å². The van der Waals surface area contributed by atoms with Crippen LogP contribution in [0.4, 0.5) is 5.82 Å². The van der Waals surface area contributed by atoms with Gasteiger partial charge in [0.2, 0.25) is 0 Å². The van der Waals surface area contributed by atoms with E-state index >= 15 is 0 Å². The third-order valence-corrected chi connectivity index (χ3v) is 7.89. The molecule has 0 fully saturated rings. The Kier molecular flexibility index (Phi) is 6.99. The molecule has 1 unspecified atom stereocenters. The fourth-order valence-electron chi connectivity index (χ4n) is 3.49. The minimum atomic E-state index is -3.58. The summed E-state index contributed by atoms with van der Waals surface area (Å²) in [4.78, 5) is 19.3. The quantitative estimate of drug-likeness (QED) is 0.330. The molecule has 4 N–H and O–H groups in total. The summed E-state index contributed by atoms with van der Waals surface area (Å²) in [6, 6.07) is 15.7. The van der Waals surface area contributed by atoms with E-state index in [1.54, 1.807) is 25.1 Å². The van der Waals surface area contributed by atoms with Crippen LogP contribution in [0.1, 0.15) is 18.9 Å². The van der Waals surface area contributed by atoms with Gasteiger partial charge >= 0.3 is 0 Å². The molecule has 0 amide bonds. The van der Waals surface area contributed by atoms with Gasteiger partial charge in [0.05, 0.1) is 28.6 Å². The van der Waals surface area contributed by atoms with Gasteiger partial charge in [0.1, 0.15) is 5.69 Å². The lowest BCUT2D eigenvalue weighted by Gasteiger charge is -2.12. The number of nitrogens with two attached hydrogens (primary N) is 2. The molecule has 11 heteroatoms. The normalized spacial score (nSPS) is 12.4. The standard InChI is InChI=1S/C24H24N6O4S/c1-15(10-11-28-31)35(32,33)19-8-6-18(7-9-19)21-14-27-24(26)23(29-21)22-12-20(30-34-22)17-4-2-16(13-25)3-5-17/h2-9,12,14-15H,10-11,13,25H2,1H3,(H2,26,27). The largest absolute Gasteiger partial charge is 0.382 e. The van der Waals surface area contributed by atoms with Crippen molar-refractivity contribution in [2.24, 2.45) is 10.9 Å². The third kappa shape index (κ3) is 5.10. The lowest BCUT2D eigenvalue weighted by atomic mass is 10.1. The molecule has 0 spiro atoms. The fourth-order valence-corrected chi connectivity index (χ4v) is 4.89. The average Bonchev–Trinajstić information content (AvgIpc) is 3.37. The number of hydrogen-bond acceptors (Lipinski definition) is 10. The minimum Gasteiger partial charge on any atom is -0.382 e. The van der Waals surface area contributed by atoms with Crippen molar-refractivity contribution in [3.05, 3.63) is 71.3 Å². The van der Waals surface area contributed by atoms with Gasteiger partial charge in [-0.15, -0.1) is 0 Å². The number of benzene rings is 2. The molecule has 4 rings (SSSR count). The van der Waals surface area contributed by atoms with E-state index in [1.165, 1.54) is 18.3 Å². The second-order valence-corrected chi connectivity index (χ2v) is 10.4. The van der Waals surface area contributed by atoms with Gasteiger partial charge in [0, 0.05) is 23.7 Å². The van der Waals surface area contributed by atoms with Gasteiger partial charge in [-0.25, -0.2) is 18.4 Å². The van der Waals surface area contributed by atoms with Gasteiger partial charge in [-0.2, -0.15) is 4.91 Å². The first-order valence-electron chi connectivity index (χ1n) is 10.9. The van der Waals surface area contributed by atoms with E-state index in [0.29, 0.717) is 35.0 Å². The van der Waals surface area contributed by atoms with Crippen molar-refractivity contribution < 1.29 is 12.9 Å². The molecule has 10 nitrogen and oxygen atoms in total. The van der Waals surface area contributed by atoms with Gasteiger partial charge < -0.3 is 16.0 Å². The second kappa shape index (κ2) is 10.1. The molecule has 0 aliphatic heterocycles. The summed E-state index contributed by atoms with van der Waals surface area (Å²) in [7, 11) is -3.58. The van der Waals surface area contributed by atoms with E-state index in [9.17, 15) is 13.3 Å². The third-order valence-electron chi connectivity index (χ3n) is 5.66. The molecule has 2 aromatic carbocycles. The number of rotatable bonds is 9. The molecule has 0 saturated heterocycles. The number of nitrogen functional groups attached to an aromatic ring is 1. The number of sulfone groups is 1. The highest BCUT2D eigenvalue weighted by Crippen LogP contribution is 2.30. The van der Waals surface area contributed by atoms with Crippen LogP contribution < -0.4 is 11.5 Å². The van der Waals surface area contributed by atoms with Crippen molar-refractivity contribution in [1.29, 1.82) is 0 Å². The molecule has 2 heterocycles. The Labute approximate surface area is 202 Å². The number of aromatic nitrogens is 3. The summed E-state index contributed by atoms with van der Waals surface area (Å²) in [5.74, 6) is 0.526. The Balaban J connectivity index is 1.60. The molecule has 0 radical (unpaired) electrons. The average molecular weight is 493 g/mol. The molecule has 2 aromatic heterocycles. The fraction of sp³-hybridized carbons (Fsp3) is 0.208. The summed E-state index contributed by atoms with van der Waals surface area (Å²) in [5.41, 5.74) is 15.6. The molecule has 0 bridgehead atoms. The summed E-state index contributed by atoms with van der Waals surface area (Å²) < 4.78 is 30.9. The molecule has 180 valence electrons. The van der Waals surface area contributed by atoms with Crippen LogP contribution in [0, 0.1) is 4.91 Å². The Morgan fingerprint density at radius 3 is 2.34 bits per heavy atom. The van der Waals surface area contributed by atoms with E-state index in [-0.39, 0.29) is 23.7 Å². The van der Waals surface area contributed by atoms with Crippen LogP contribution in [0.25, 0.3) is 34.0 Å². The Morgan fingerprint density at radius 1 is 1.03 bits per heavy atom. The van der Waals surface area contributed by atoms with E-state index in [4.69, 9.17) is 16.0 Å². The lowest BCUT2D eigenvalue weighted by Crippen LogP contribution is -2.18. The first kappa shape index (κ1) is 24.2. The first-order valence-corrected chi connectivity index (χ1v) is 12.4. The predicted molar refractivity (Wildman–Crippen MR) is 133 cm³/mol. The zero-order valence-corrected chi connectivity index (χ0v) is 19.8. The smallest absolute Gasteiger partial charge is 0.189 e. The van der Waals surface area contributed by atoms with E-state index < -0.39 is 15.1 Å². The topological polar surface area (TPSA) is 167 Å². The molecular weight excluding hydrogens is 468 g/mol. The van der Waals surface area contributed by atoms with Crippen LogP contribution in [-0.4, -0.2) is 35.3 Å². The molecule has 0 aliphatic carbocycles.